The largest absolute Gasteiger partial charge is 0.310 e. The number of benzene rings is 10. The smallest absolute Gasteiger partial charge is 0.0541 e. The molecule has 0 aliphatic heterocycles. The second-order valence-corrected chi connectivity index (χ2v) is 21.8. The van der Waals surface area contributed by atoms with Crippen LogP contribution in [0.15, 0.2) is 237 Å². The van der Waals surface area contributed by atoms with E-state index in [1.54, 1.807) is 0 Å². The third-order valence-corrected chi connectivity index (χ3v) is 14.7. The lowest BCUT2D eigenvalue weighted by Crippen LogP contribution is -2.13. The van der Waals surface area contributed by atoms with E-state index in [1.807, 2.05) is 0 Å². The quantitative estimate of drug-likeness (QED) is 0.125. The average molecular weight is 945 g/mol. The minimum Gasteiger partial charge on any atom is -0.310 e. The summed E-state index contributed by atoms with van der Waals surface area (Å²) in [6.45, 7) is 15.9. The Kier molecular flexibility index (Phi) is 12.5. The maximum absolute atomic E-state index is 2.43. The van der Waals surface area contributed by atoms with E-state index in [9.17, 15) is 0 Å². The van der Waals surface area contributed by atoms with Crippen LogP contribution < -0.4 is 4.90 Å². The number of aromatic nitrogens is 1. The van der Waals surface area contributed by atoms with E-state index in [1.165, 1.54) is 94.1 Å². The van der Waals surface area contributed by atoms with Crippen molar-refractivity contribution in [3.8, 4) is 61.3 Å². The van der Waals surface area contributed by atoms with Crippen molar-refractivity contribution in [2.75, 3.05) is 4.90 Å². The van der Waals surface area contributed by atoms with Gasteiger partial charge in [0.2, 0.25) is 0 Å². The molecule has 0 unspecified atom stereocenters. The van der Waals surface area contributed by atoms with E-state index in [2.05, 4.69) is 295 Å². The maximum Gasteiger partial charge on any atom is 0.0541 e. The van der Waals surface area contributed by atoms with Crippen molar-refractivity contribution in [1.82, 2.24) is 4.57 Å². The van der Waals surface area contributed by atoms with Gasteiger partial charge in [-0.1, -0.05) is 213 Å². The van der Waals surface area contributed by atoms with Crippen molar-refractivity contribution in [2.24, 2.45) is 0 Å². The van der Waals surface area contributed by atoms with Crippen LogP contribution >= 0.6 is 0 Å². The Labute approximate surface area is 432 Å². The summed E-state index contributed by atoms with van der Waals surface area (Å²) in [5.74, 6) is 0. The first-order valence-corrected chi connectivity index (χ1v) is 26.0. The third kappa shape index (κ3) is 9.66. The van der Waals surface area contributed by atoms with Gasteiger partial charge in [0.05, 0.1) is 11.0 Å². The van der Waals surface area contributed by atoms with E-state index in [0.717, 1.165) is 35.6 Å². The molecule has 0 fully saturated rings. The van der Waals surface area contributed by atoms with Crippen LogP contribution in [0.2, 0.25) is 0 Å². The van der Waals surface area contributed by atoms with E-state index in [0.29, 0.717) is 0 Å². The van der Waals surface area contributed by atoms with E-state index in [-0.39, 0.29) is 10.8 Å². The highest BCUT2D eigenvalue weighted by Crippen LogP contribution is 2.41. The van der Waals surface area contributed by atoms with Gasteiger partial charge in [0.25, 0.3) is 0 Å². The molecule has 358 valence electrons. The lowest BCUT2D eigenvalue weighted by atomic mass is 9.86. The molecular formula is C71H64N2. The van der Waals surface area contributed by atoms with Crippen molar-refractivity contribution < 1.29 is 0 Å². The second kappa shape index (κ2) is 19.4. The molecule has 0 radical (unpaired) electrons. The molecule has 10 aromatic carbocycles. The van der Waals surface area contributed by atoms with Gasteiger partial charge in [-0.15, -0.1) is 0 Å². The molecule has 0 saturated carbocycles. The summed E-state index contributed by atoms with van der Waals surface area (Å²) in [6, 6.07) is 88.0. The van der Waals surface area contributed by atoms with Crippen molar-refractivity contribution >= 4 is 38.9 Å². The summed E-state index contributed by atoms with van der Waals surface area (Å²) in [6.07, 6.45) is 2.26. The molecule has 2 nitrogen and oxygen atoms in total. The standard InChI is InChI=1S/C71H64N2/c1-8-14-49-21-23-51(24-22-49)53-27-37-62(38-28-53)72(63-41-35-61(36-42-63)71(5,6)7)65-20-13-19-57(46-65)55-17-12-18-56(45-55)59-32-44-69-67(48-59)66-47-58(50-15-10-9-11-16-50)31-43-68(66)73(69)64-39-29-54(30-40-64)52-25-33-60(34-26-52)70(2,3)4/h9-13,15-48H,8,14H2,1-7H3. The normalized spacial score (nSPS) is 11.9. The molecule has 0 amide bonds. The lowest BCUT2D eigenvalue weighted by molar-refractivity contribution is 0.590. The van der Waals surface area contributed by atoms with Gasteiger partial charge in [0.1, 0.15) is 0 Å². The van der Waals surface area contributed by atoms with Crippen molar-refractivity contribution in [3.05, 3.63) is 253 Å². The number of hydrogen-bond donors (Lipinski definition) is 0. The Morgan fingerprint density at radius 1 is 0.329 bits per heavy atom. The predicted octanol–water partition coefficient (Wildman–Crippen LogP) is 20.1. The monoisotopic (exact) mass is 945 g/mol. The van der Waals surface area contributed by atoms with Crippen LogP contribution in [-0.4, -0.2) is 4.57 Å². The zero-order chi connectivity index (χ0) is 50.3. The van der Waals surface area contributed by atoms with Gasteiger partial charge in [-0.2, -0.15) is 0 Å². The molecule has 2 heteroatoms. The van der Waals surface area contributed by atoms with E-state index >= 15 is 0 Å². The van der Waals surface area contributed by atoms with Crippen LogP contribution in [0.5, 0.6) is 0 Å². The molecule has 11 aromatic rings. The van der Waals surface area contributed by atoms with Gasteiger partial charge >= 0.3 is 0 Å². The molecule has 0 atom stereocenters. The molecule has 0 aliphatic carbocycles. The zero-order valence-electron chi connectivity index (χ0n) is 43.3. The van der Waals surface area contributed by atoms with Crippen molar-refractivity contribution in [1.29, 1.82) is 0 Å². The van der Waals surface area contributed by atoms with Gasteiger partial charge in [0, 0.05) is 33.5 Å². The highest BCUT2D eigenvalue weighted by molar-refractivity contribution is 6.11. The SMILES string of the molecule is CCCc1ccc(-c2ccc(N(c3ccc(C(C)(C)C)cc3)c3cccc(-c4cccc(-c5ccc6c(c5)c5cc(-c7ccccc7)ccc5n6-c5ccc(-c6ccc(C(C)(C)C)cc6)cc5)c4)c3)cc2)cc1. The van der Waals surface area contributed by atoms with E-state index < -0.39 is 0 Å². The zero-order valence-corrected chi connectivity index (χ0v) is 43.3. The van der Waals surface area contributed by atoms with Crippen LogP contribution in [0.3, 0.4) is 0 Å². The first-order chi connectivity index (χ1) is 35.4. The van der Waals surface area contributed by atoms with Gasteiger partial charge < -0.3 is 9.47 Å². The number of rotatable bonds is 11. The number of fused-ring (bicyclic) bond motifs is 3. The minimum absolute atomic E-state index is 0.0574. The first kappa shape index (κ1) is 47.1. The Hall–Kier alpha value is -8.20. The molecule has 0 bridgehead atoms. The molecule has 73 heavy (non-hydrogen) atoms. The Balaban J connectivity index is 0.960. The number of aryl methyl sites for hydroxylation is 1. The number of hydrogen-bond acceptors (Lipinski definition) is 1. The highest BCUT2D eigenvalue weighted by Gasteiger charge is 2.20. The molecule has 0 N–H and O–H groups in total. The highest BCUT2D eigenvalue weighted by atomic mass is 15.1. The van der Waals surface area contributed by atoms with Crippen LogP contribution in [0.4, 0.5) is 17.1 Å². The Morgan fingerprint density at radius 2 is 0.712 bits per heavy atom. The first-order valence-electron chi connectivity index (χ1n) is 26.0. The fourth-order valence-electron chi connectivity index (χ4n) is 10.5. The fraction of sp³-hybridized carbons (Fsp3) is 0.155. The topological polar surface area (TPSA) is 8.17 Å². The average Bonchev–Trinajstić information content (AvgIpc) is 3.75. The predicted molar refractivity (Wildman–Crippen MR) is 314 cm³/mol. The Morgan fingerprint density at radius 3 is 1.23 bits per heavy atom. The van der Waals surface area contributed by atoms with Crippen LogP contribution in [-0.2, 0) is 17.3 Å². The van der Waals surface area contributed by atoms with Crippen molar-refractivity contribution in [2.45, 2.75) is 72.1 Å². The minimum atomic E-state index is 0.0574. The summed E-state index contributed by atoms with van der Waals surface area (Å²) < 4.78 is 2.43. The lowest BCUT2D eigenvalue weighted by Gasteiger charge is -2.27. The molecule has 1 aromatic heterocycles. The molecule has 1 heterocycles. The number of nitrogens with zero attached hydrogens (tertiary/aromatic N) is 2. The summed E-state index contributed by atoms with van der Waals surface area (Å²) in [5, 5.41) is 2.46. The summed E-state index contributed by atoms with van der Waals surface area (Å²) in [5.41, 5.74) is 23.1. The van der Waals surface area contributed by atoms with Crippen LogP contribution in [0.1, 0.15) is 71.6 Å². The Bertz CT molecular complexity index is 3690. The maximum atomic E-state index is 2.43. The van der Waals surface area contributed by atoms with Gasteiger partial charge in [-0.25, -0.2) is 0 Å². The summed E-state index contributed by atoms with van der Waals surface area (Å²) in [7, 11) is 0. The van der Waals surface area contributed by atoms with Gasteiger partial charge in [-0.3, -0.25) is 0 Å². The molecule has 0 saturated heterocycles. The molecule has 0 aliphatic rings. The van der Waals surface area contributed by atoms with Crippen LogP contribution in [0.25, 0.3) is 83.1 Å². The molecule has 11 rings (SSSR count). The van der Waals surface area contributed by atoms with E-state index in [4.69, 9.17) is 0 Å². The molecule has 0 spiro atoms. The summed E-state index contributed by atoms with van der Waals surface area (Å²) in [4.78, 5) is 2.39. The summed E-state index contributed by atoms with van der Waals surface area (Å²) >= 11 is 0. The van der Waals surface area contributed by atoms with Gasteiger partial charge in [0.15, 0.2) is 0 Å². The molecular weight excluding hydrogens is 881 g/mol. The van der Waals surface area contributed by atoms with Gasteiger partial charge in [-0.05, 0) is 168 Å². The fourth-order valence-corrected chi connectivity index (χ4v) is 10.5. The van der Waals surface area contributed by atoms with Crippen LogP contribution in [0, 0.1) is 0 Å². The van der Waals surface area contributed by atoms with Crippen molar-refractivity contribution in [3.63, 3.8) is 0 Å². The number of anilines is 3. The third-order valence-electron chi connectivity index (χ3n) is 14.7. The second-order valence-electron chi connectivity index (χ2n) is 21.8.